The molecule has 0 saturated carbocycles. The van der Waals surface area contributed by atoms with Gasteiger partial charge in [-0.2, -0.15) is 13.2 Å². The number of rotatable bonds is 12. The summed E-state index contributed by atoms with van der Waals surface area (Å²) in [4.78, 5) is 12.7. The molecule has 0 atom stereocenters. The minimum Gasteiger partial charge on any atom is -0.494 e. The Morgan fingerprint density at radius 3 is 2.32 bits per heavy atom. The van der Waals surface area contributed by atoms with Crippen molar-refractivity contribution in [1.82, 2.24) is 4.90 Å². The number of carbonyl (C=O) groups is 1. The number of benzene rings is 3. The fraction of sp³-hybridized carbons (Fsp3) is 0.296. The van der Waals surface area contributed by atoms with Gasteiger partial charge in [-0.1, -0.05) is 48.5 Å². The molecule has 1 N–H and O–H groups in total. The van der Waals surface area contributed by atoms with Gasteiger partial charge in [0, 0.05) is 31.5 Å². The maximum atomic E-state index is 14.7. The minimum absolute atomic E-state index is 0.0627. The van der Waals surface area contributed by atoms with E-state index in [4.69, 9.17) is 9.84 Å². The Morgan fingerprint density at radius 2 is 1.68 bits per heavy atom. The van der Waals surface area contributed by atoms with Crippen LogP contribution in [0, 0.1) is 5.82 Å². The van der Waals surface area contributed by atoms with Gasteiger partial charge in [-0.3, -0.25) is 9.69 Å². The summed E-state index contributed by atoms with van der Waals surface area (Å²) >= 11 is 0. The van der Waals surface area contributed by atoms with Gasteiger partial charge in [0.1, 0.15) is 11.6 Å². The van der Waals surface area contributed by atoms with Crippen molar-refractivity contribution < 1.29 is 40.6 Å². The molecule has 204 valence electrons. The van der Waals surface area contributed by atoms with Gasteiger partial charge in [0.2, 0.25) is 0 Å². The molecule has 38 heavy (non-hydrogen) atoms. The van der Waals surface area contributed by atoms with E-state index >= 15 is 0 Å². The smallest absolute Gasteiger partial charge is 0.419 e. The van der Waals surface area contributed by atoms with Crippen LogP contribution in [0.3, 0.4) is 0 Å². The first-order valence-electron chi connectivity index (χ1n) is 11.6. The normalized spacial score (nSPS) is 12.1. The van der Waals surface area contributed by atoms with Crippen LogP contribution in [0.25, 0.3) is 0 Å². The lowest BCUT2D eigenvalue weighted by Gasteiger charge is -2.23. The zero-order valence-corrected chi connectivity index (χ0v) is 21.4. The van der Waals surface area contributed by atoms with E-state index in [1.807, 2.05) is 30.3 Å². The van der Waals surface area contributed by atoms with Crippen molar-refractivity contribution in [1.29, 1.82) is 0 Å². The van der Waals surface area contributed by atoms with E-state index in [0.29, 0.717) is 25.6 Å². The van der Waals surface area contributed by atoms with Crippen LogP contribution >= 0.6 is 0 Å². The van der Waals surface area contributed by atoms with Crippen LogP contribution in [-0.4, -0.2) is 43.8 Å². The summed E-state index contributed by atoms with van der Waals surface area (Å²) in [6, 6.07) is 16.6. The molecule has 3 rings (SSSR count). The second kappa shape index (κ2) is 12.4. The molecule has 0 amide bonds. The van der Waals surface area contributed by atoms with Gasteiger partial charge in [0.25, 0.3) is 0 Å². The predicted molar refractivity (Wildman–Crippen MR) is 133 cm³/mol. The van der Waals surface area contributed by atoms with Crippen molar-refractivity contribution in [3.63, 3.8) is 0 Å². The lowest BCUT2D eigenvalue weighted by molar-refractivity contribution is -0.140. The van der Waals surface area contributed by atoms with Gasteiger partial charge in [0.05, 0.1) is 23.5 Å². The van der Waals surface area contributed by atoms with Gasteiger partial charge in [-0.15, -0.1) is 0 Å². The summed E-state index contributed by atoms with van der Waals surface area (Å²) in [7, 11) is -3.70. The molecule has 0 unspecified atom stereocenters. The number of ether oxygens (including phenoxy) is 1. The highest BCUT2D eigenvalue weighted by molar-refractivity contribution is 7.90. The number of hydrogen-bond acceptors (Lipinski definition) is 5. The minimum atomic E-state index is -4.80. The number of hydrogen-bond donors (Lipinski definition) is 1. The van der Waals surface area contributed by atoms with Crippen molar-refractivity contribution >= 4 is 15.8 Å². The quantitative estimate of drug-likeness (QED) is 0.241. The molecule has 0 fully saturated rings. The molecule has 6 nitrogen and oxygen atoms in total. The topological polar surface area (TPSA) is 83.9 Å². The Balaban J connectivity index is 1.71. The van der Waals surface area contributed by atoms with Crippen molar-refractivity contribution in [3.05, 3.63) is 94.8 Å². The Morgan fingerprint density at radius 1 is 0.974 bits per heavy atom. The molecule has 0 saturated heterocycles. The standard InChI is InChI=1S/C27H27F4NO5S/c1-38(35,36)24-16-22(12-11-20(24)15-25(33)34)37-14-6-13-32(17-19-7-3-2-4-8-19)18-21-9-5-10-23(26(21)28)27(29,30)31/h2-5,7-12,16H,6,13-15,17-18H2,1H3,(H,33,34). The Kier molecular flexibility index (Phi) is 9.50. The Labute approximate surface area is 218 Å². The van der Waals surface area contributed by atoms with E-state index in [0.717, 1.165) is 11.8 Å². The lowest BCUT2D eigenvalue weighted by Crippen LogP contribution is -2.26. The highest BCUT2D eigenvalue weighted by atomic mass is 32.2. The summed E-state index contributed by atoms with van der Waals surface area (Å²) in [5.74, 6) is -2.23. The molecule has 3 aromatic rings. The summed E-state index contributed by atoms with van der Waals surface area (Å²) in [6.07, 6.45) is -3.88. The van der Waals surface area contributed by atoms with Crippen LogP contribution in [0.5, 0.6) is 5.75 Å². The number of nitrogens with zero attached hydrogens (tertiary/aromatic N) is 1. The zero-order valence-electron chi connectivity index (χ0n) is 20.5. The van der Waals surface area contributed by atoms with Gasteiger partial charge in [0.15, 0.2) is 9.84 Å². The van der Waals surface area contributed by atoms with E-state index in [1.165, 1.54) is 30.3 Å². The van der Waals surface area contributed by atoms with Crippen LogP contribution in [0.4, 0.5) is 17.6 Å². The zero-order chi connectivity index (χ0) is 27.9. The summed E-state index contributed by atoms with van der Waals surface area (Å²) in [5, 5.41) is 9.03. The van der Waals surface area contributed by atoms with Crippen molar-refractivity contribution in [2.75, 3.05) is 19.4 Å². The molecule has 0 aromatic heterocycles. The van der Waals surface area contributed by atoms with Crippen molar-refractivity contribution in [2.24, 2.45) is 0 Å². The molecule has 0 bridgehead atoms. The van der Waals surface area contributed by atoms with Gasteiger partial charge in [-0.25, -0.2) is 12.8 Å². The number of alkyl halides is 3. The SMILES string of the molecule is CS(=O)(=O)c1cc(OCCCN(Cc2ccccc2)Cc2cccc(C(F)(F)F)c2F)ccc1CC(=O)O. The van der Waals surface area contributed by atoms with Crippen LogP contribution in [0.2, 0.25) is 0 Å². The summed E-state index contributed by atoms with van der Waals surface area (Å²) < 4.78 is 84.1. The summed E-state index contributed by atoms with van der Waals surface area (Å²) in [5.41, 5.74) is -0.355. The molecule has 0 aliphatic heterocycles. The van der Waals surface area contributed by atoms with Gasteiger partial charge < -0.3 is 9.84 Å². The summed E-state index contributed by atoms with van der Waals surface area (Å²) in [6.45, 7) is 0.782. The average Bonchev–Trinajstić information content (AvgIpc) is 2.82. The first-order valence-corrected chi connectivity index (χ1v) is 13.5. The highest BCUT2D eigenvalue weighted by Crippen LogP contribution is 2.33. The molecule has 0 heterocycles. The number of halogens is 4. The number of carboxylic acids is 1. The third-order valence-electron chi connectivity index (χ3n) is 5.69. The van der Waals surface area contributed by atoms with Crippen molar-refractivity contribution in [2.45, 2.75) is 37.0 Å². The first-order chi connectivity index (χ1) is 17.8. The highest BCUT2D eigenvalue weighted by Gasteiger charge is 2.34. The third kappa shape index (κ3) is 8.29. The Bertz CT molecular complexity index is 1360. The molecular formula is C27H27F4NO5S. The second-order valence-corrected chi connectivity index (χ2v) is 10.8. The van der Waals surface area contributed by atoms with Crippen LogP contribution in [0.1, 0.15) is 28.7 Å². The fourth-order valence-electron chi connectivity index (χ4n) is 3.97. The largest absolute Gasteiger partial charge is 0.494 e. The molecular weight excluding hydrogens is 526 g/mol. The number of carboxylic acid groups (broad SMARTS) is 1. The molecule has 0 radical (unpaired) electrons. The fourth-order valence-corrected chi connectivity index (χ4v) is 4.92. The Hall–Kier alpha value is -3.44. The predicted octanol–water partition coefficient (Wildman–Crippen LogP) is 5.35. The van der Waals surface area contributed by atoms with E-state index in [9.17, 15) is 30.8 Å². The average molecular weight is 554 g/mol. The maximum absolute atomic E-state index is 14.7. The molecule has 0 spiro atoms. The maximum Gasteiger partial charge on any atom is 0.419 e. The van der Waals surface area contributed by atoms with Crippen LogP contribution in [-0.2, 0) is 40.3 Å². The molecule has 3 aromatic carbocycles. The van der Waals surface area contributed by atoms with E-state index in [2.05, 4.69) is 0 Å². The number of aliphatic carboxylic acids is 1. The van der Waals surface area contributed by atoms with E-state index in [1.54, 1.807) is 4.90 Å². The van der Waals surface area contributed by atoms with Gasteiger partial charge >= 0.3 is 12.1 Å². The van der Waals surface area contributed by atoms with E-state index in [-0.39, 0.29) is 34.9 Å². The van der Waals surface area contributed by atoms with Crippen LogP contribution in [0.15, 0.2) is 71.6 Å². The monoisotopic (exact) mass is 553 g/mol. The molecule has 0 aliphatic rings. The third-order valence-corrected chi connectivity index (χ3v) is 6.87. The molecule has 11 heteroatoms. The molecule has 0 aliphatic carbocycles. The van der Waals surface area contributed by atoms with Crippen LogP contribution < -0.4 is 4.74 Å². The first kappa shape index (κ1) is 29.1. The van der Waals surface area contributed by atoms with Gasteiger partial charge in [-0.05, 0) is 35.7 Å². The number of sulfone groups is 1. The lowest BCUT2D eigenvalue weighted by atomic mass is 10.1. The van der Waals surface area contributed by atoms with E-state index < -0.39 is 39.8 Å². The van der Waals surface area contributed by atoms with Crippen molar-refractivity contribution in [3.8, 4) is 5.75 Å². The second-order valence-electron chi connectivity index (χ2n) is 8.79.